The molecule has 3 aromatic carbocycles. The minimum Gasteiger partial charge on any atom is -0.493 e. The Morgan fingerprint density at radius 3 is 2.57 bits per heavy atom. The Bertz CT molecular complexity index is 1820. The zero-order valence-corrected chi connectivity index (χ0v) is 29.7. The number of hydrogen-bond donors (Lipinski definition) is 0. The zero-order valence-electron chi connectivity index (χ0n) is 29.7. The van der Waals surface area contributed by atoms with Gasteiger partial charge in [0.1, 0.15) is 11.9 Å². The molecule has 0 unspecified atom stereocenters. The summed E-state index contributed by atoms with van der Waals surface area (Å²) < 4.78 is 19.0. The SMILES string of the molecule is COc1cc(OC(C)=O)c2c3c1O[C@H]1[C@H](N(CC(C)C)C(=O)C#Cc4ccc(C)c(C)c4)CC[C@H]4[C@@H](C2)N(CCc2ccccc2)CC[C@@]341. The average molecular weight is 661 g/mol. The molecular formula is C42H48N2O5. The van der Waals surface area contributed by atoms with E-state index >= 15 is 0 Å². The summed E-state index contributed by atoms with van der Waals surface area (Å²) in [5.74, 6) is 8.18. The predicted molar refractivity (Wildman–Crippen MR) is 190 cm³/mol. The van der Waals surface area contributed by atoms with E-state index in [4.69, 9.17) is 14.2 Å². The van der Waals surface area contributed by atoms with E-state index in [0.29, 0.717) is 24.0 Å². The molecule has 2 bridgehead atoms. The standard InChI is InChI=1S/C42H48N2O5/c1-26(2)25-44(38(46)17-14-31-13-12-27(3)28(4)22-31)34-16-15-33-35-23-32-36(48-29(5)45)24-37(47-6)40-39(32)42(33,41(34)49-40)19-21-43(35)20-18-30-10-8-7-9-11-30/h7-13,22,24,26,33-35,41H,15-16,18-21,23,25H2,1-6H3/t33-,34+,35+,41-,42-/m0/s1. The van der Waals surface area contributed by atoms with E-state index in [1.807, 2.05) is 23.1 Å². The fraction of sp³-hybridized carbons (Fsp3) is 0.476. The third-order valence-corrected chi connectivity index (χ3v) is 11.5. The van der Waals surface area contributed by atoms with Gasteiger partial charge in [0.25, 0.3) is 5.91 Å². The molecule has 0 radical (unpaired) electrons. The number of ether oxygens (including phenoxy) is 3. The summed E-state index contributed by atoms with van der Waals surface area (Å²) in [6.07, 6.45) is 4.22. The molecule has 2 heterocycles. The number of esters is 1. The van der Waals surface area contributed by atoms with E-state index in [2.05, 4.69) is 80.8 Å². The molecule has 7 rings (SSSR count). The third-order valence-electron chi connectivity index (χ3n) is 11.5. The number of amides is 1. The van der Waals surface area contributed by atoms with Crippen molar-refractivity contribution < 1.29 is 23.8 Å². The zero-order chi connectivity index (χ0) is 34.4. The number of likely N-dealkylation sites (tertiary alicyclic amines) is 1. The van der Waals surface area contributed by atoms with Gasteiger partial charge in [-0.25, -0.2) is 0 Å². The topological polar surface area (TPSA) is 68.3 Å². The van der Waals surface area contributed by atoms with Gasteiger partial charge in [-0.15, -0.1) is 0 Å². The molecule has 7 nitrogen and oxygen atoms in total. The van der Waals surface area contributed by atoms with Crippen molar-refractivity contribution in [1.29, 1.82) is 0 Å². The number of carbonyl (C=O) groups excluding carboxylic acids is 2. The van der Waals surface area contributed by atoms with Crippen LogP contribution in [0, 0.1) is 37.5 Å². The molecule has 1 spiro atoms. The van der Waals surface area contributed by atoms with Gasteiger partial charge in [-0.1, -0.05) is 56.2 Å². The Morgan fingerprint density at radius 2 is 1.86 bits per heavy atom. The van der Waals surface area contributed by atoms with Crippen molar-refractivity contribution in [2.45, 2.75) is 90.3 Å². The number of methoxy groups -OCH3 is 1. The molecule has 0 N–H and O–H groups in total. The predicted octanol–water partition coefficient (Wildman–Crippen LogP) is 6.42. The van der Waals surface area contributed by atoms with Crippen LogP contribution >= 0.6 is 0 Å². The van der Waals surface area contributed by atoms with Crippen LogP contribution in [0.15, 0.2) is 54.6 Å². The summed E-state index contributed by atoms with van der Waals surface area (Å²) in [7, 11) is 1.64. The highest BCUT2D eigenvalue weighted by Gasteiger charge is 2.67. The minimum absolute atomic E-state index is 0.156. The molecule has 7 heteroatoms. The summed E-state index contributed by atoms with van der Waals surface area (Å²) in [4.78, 5) is 31.2. The highest BCUT2D eigenvalue weighted by molar-refractivity contribution is 5.94. The number of piperidine rings is 1. The first-order valence-electron chi connectivity index (χ1n) is 17.9. The number of aryl methyl sites for hydroxylation is 2. The van der Waals surface area contributed by atoms with Crippen molar-refractivity contribution in [3.05, 3.63) is 88.0 Å². The summed E-state index contributed by atoms with van der Waals surface area (Å²) in [6, 6.07) is 18.7. The summed E-state index contributed by atoms with van der Waals surface area (Å²) in [5, 5.41) is 0. The molecule has 2 aliphatic carbocycles. The van der Waals surface area contributed by atoms with Gasteiger partial charge in [-0.05, 0) is 93.2 Å². The second-order valence-electron chi connectivity index (χ2n) is 14.9. The van der Waals surface area contributed by atoms with Crippen molar-refractivity contribution in [2.75, 3.05) is 26.7 Å². The van der Waals surface area contributed by atoms with Gasteiger partial charge in [0.2, 0.25) is 0 Å². The molecule has 256 valence electrons. The van der Waals surface area contributed by atoms with Crippen molar-refractivity contribution in [3.63, 3.8) is 0 Å². The molecule has 5 atom stereocenters. The van der Waals surface area contributed by atoms with Gasteiger partial charge in [-0.3, -0.25) is 14.5 Å². The average Bonchev–Trinajstić information content (AvgIpc) is 3.42. The minimum atomic E-state index is -0.350. The van der Waals surface area contributed by atoms with Gasteiger partial charge < -0.3 is 19.1 Å². The van der Waals surface area contributed by atoms with Crippen LogP contribution in [0.2, 0.25) is 0 Å². The first-order chi connectivity index (χ1) is 23.6. The Balaban J connectivity index is 1.29. The van der Waals surface area contributed by atoms with E-state index in [0.717, 1.165) is 73.2 Å². The lowest BCUT2D eigenvalue weighted by Crippen LogP contribution is -2.69. The van der Waals surface area contributed by atoms with E-state index in [-0.39, 0.29) is 41.4 Å². The number of hydrogen-bond acceptors (Lipinski definition) is 6. The lowest BCUT2D eigenvalue weighted by molar-refractivity contribution is -0.138. The van der Waals surface area contributed by atoms with Crippen LogP contribution in [0.25, 0.3) is 0 Å². The van der Waals surface area contributed by atoms with Crippen LogP contribution in [0.1, 0.15) is 73.4 Å². The van der Waals surface area contributed by atoms with E-state index in [1.54, 1.807) is 7.11 Å². The lowest BCUT2D eigenvalue weighted by atomic mass is 9.50. The molecular weight excluding hydrogens is 612 g/mol. The second-order valence-corrected chi connectivity index (χ2v) is 14.9. The summed E-state index contributed by atoms with van der Waals surface area (Å²) in [6.45, 7) is 12.4. The van der Waals surface area contributed by atoms with Gasteiger partial charge >= 0.3 is 5.97 Å². The van der Waals surface area contributed by atoms with Gasteiger partial charge in [0, 0.05) is 60.1 Å². The van der Waals surface area contributed by atoms with Crippen LogP contribution < -0.4 is 14.2 Å². The quantitative estimate of drug-likeness (QED) is 0.158. The van der Waals surface area contributed by atoms with E-state index in [9.17, 15) is 9.59 Å². The Hall–Kier alpha value is -4.28. The van der Waals surface area contributed by atoms with Crippen LogP contribution in [0.3, 0.4) is 0 Å². The second kappa shape index (κ2) is 13.2. The van der Waals surface area contributed by atoms with Gasteiger partial charge in [0.15, 0.2) is 11.5 Å². The fourth-order valence-corrected chi connectivity index (χ4v) is 9.33. The van der Waals surface area contributed by atoms with Crippen LogP contribution in [-0.4, -0.2) is 66.6 Å². The van der Waals surface area contributed by atoms with E-state index in [1.165, 1.54) is 18.1 Å². The molecule has 1 saturated heterocycles. The van der Waals surface area contributed by atoms with Crippen LogP contribution in [0.4, 0.5) is 0 Å². The first-order valence-corrected chi connectivity index (χ1v) is 17.9. The van der Waals surface area contributed by atoms with Crippen molar-refractivity contribution in [3.8, 4) is 29.1 Å². The molecule has 4 aliphatic rings. The highest BCUT2D eigenvalue weighted by Crippen LogP contribution is 2.65. The Kier molecular flexibility index (Phi) is 8.96. The molecule has 2 aliphatic heterocycles. The van der Waals surface area contributed by atoms with Gasteiger partial charge in [0.05, 0.1) is 13.2 Å². The molecule has 1 saturated carbocycles. The highest BCUT2D eigenvalue weighted by atomic mass is 16.5. The number of nitrogens with zero attached hydrogens (tertiary/aromatic N) is 2. The fourth-order valence-electron chi connectivity index (χ4n) is 9.33. The summed E-state index contributed by atoms with van der Waals surface area (Å²) in [5.41, 5.74) is 6.40. The maximum Gasteiger partial charge on any atom is 0.308 e. The molecule has 49 heavy (non-hydrogen) atoms. The lowest BCUT2D eigenvalue weighted by Gasteiger charge is -2.60. The molecule has 3 aromatic rings. The smallest absolute Gasteiger partial charge is 0.308 e. The normalized spacial score (nSPS) is 24.7. The van der Waals surface area contributed by atoms with Crippen molar-refractivity contribution in [2.24, 2.45) is 11.8 Å². The third kappa shape index (κ3) is 5.88. The first kappa shape index (κ1) is 33.2. The van der Waals surface area contributed by atoms with Crippen molar-refractivity contribution in [1.82, 2.24) is 9.80 Å². The number of carbonyl (C=O) groups is 2. The Labute approximate surface area is 290 Å². The van der Waals surface area contributed by atoms with Crippen LogP contribution in [-0.2, 0) is 27.8 Å². The Morgan fingerprint density at radius 1 is 1.06 bits per heavy atom. The van der Waals surface area contributed by atoms with Crippen LogP contribution in [0.5, 0.6) is 17.2 Å². The number of rotatable bonds is 8. The molecule has 1 amide bonds. The maximum absolute atomic E-state index is 14.2. The molecule has 2 fully saturated rings. The monoisotopic (exact) mass is 660 g/mol. The maximum atomic E-state index is 14.2. The number of benzene rings is 3. The van der Waals surface area contributed by atoms with Gasteiger partial charge in [-0.2, -0.15) is 0 Å². The van der Waals surface area contributed by atoms with E-state index < -0.39 is 0 Å². The summed E-state index contributed by atoms with van der Waals surface area (Å²) >= 11 is 0. The largest absolute Gasteiger partial charge is 0.493 e. The van der Waals surface area contributed by atoms with Crippen molar-refractivity contribution >= 4 is 11.9 Å². The molecule has 0 aromatic heterocycles.